The van der Waals surface area contributed by atoms with Crippen molar-refractivity contribution in [3.63, 3.8) is 0 Å². The standard InChI is InChI=1S/C18H21N5O3S2/c1-10-7-8-23-16(25)14(17(23)28-10)21-15(24)13(12-9-27-18(19)20-12)22-26-11-5-3-2-4-6-11/h3,5,7-11,14,17H,2,4,6H2,1H3,(H2,19,20)(H,21,24)/t10?,11?,14?,17-/m0/s1. The van der Waals surface area contributed by atoms with Gasteiger partial charge >= 0.3 is 0 Å². The Morgan fingerprint density at radius 3 is 3.04 bits per heavy atom. The smallest absolute Gasteiger partial charge is 0.276 e. The first-order valence-electron chi connectivity index (χ1n) is 9.11. The minimum absolute atomic E-state index is 0.0302. The van der Waals surface area contributed by atoms with Crippen LogP contribution >= 0.6 is 23.1 Å². The van der Waals surface area contributed by atoms with E-state index in [2.05, 4.69) is 22.4 Å². The molecule has 2 aliphatic heterocycles. The molecule has 1 aliphatic carbocycles. The summed E-state index contributed by atoms with van der Waals surface area (Å²) >= 11 is 2.84. The maximum absolute atomic E-state index is 12.9. The first-order valence-corrected chi connectivity index (χ1v) is 10.9. The largest absolute Gasteiger partial charge is 0.388 e. The summed E-state index contributed by atoms with van der Waals surface area (Å²) in [6.45, 7) is 2.05. The van der Waals surface area contributed by atoms with E-state index in [-0.39, 0.29) is 28.3 Å². The number of nitrogens with zero attached hydrogens (tertiary/aromatic N) is 3. The third-order valence-corrected chi connectivity index (χ3v) is 6.75. The normalized spacial score (nSPS) is 29.2. The van der Waals surface area contributed by atoms with Crippen molar-refractivity contribution in [1.29, 1.82) is 0 Å². The van der Waals surface area contributed by atoms with Crippen LogP contribution in [0.25, 0.3) is 0 Å². The van der Waals surface area contributed by atoms with Gasteiger partial charge in [-0.15, -0.1) is 23.1 Å². The van der Waals surface area contributed by atoms with Gasteiger partial charge in [-0.2, -0.15) is 0 Å². The minimum Gasteiger partial charge on any atom is -0.388 e. The van der Waals surface area contributed by atoms with Gasteiger partial charge in [-0.1, -0.05) is 17.3 Å². The highest BCUT2D eigenvalue weighted by atomic mass is 32.2. The van der Waals surface area contributed by atoms with Gasteiger partial charge in [0.15, 0.2) is 10.8 Å². The molecule has 4 atom stereocenters. The molecule has 1 saturated heterocycles. The molecule has 10 heteroatoms. The number of carbonyl (C=O) groups is 2. The monoisotopic (exact) mass is 419 g/mol. The quantitative estimate of drug-likeness (QED) is 0.326. The molecule has 0 radical (unpaired) electrons. The summed E-state index contributed by atoms with van der Waals surface area (Å²) < 4.78 is 0. The number of anilines is 1. The summed E-state index contributed by atoms with van der Waals surface area (Å²) in [6, 6.07) is -0.597. The molecule has 148 valence electrons. The van der Waals surface area contributed by atoms with Crippen LogP contribution in [0.2, 0.25) is 0 Å². The number of nitrogens with one attached hydrogen (secondary N) is 1. The zero-order chi connectivity index (χ0) is 19.7. The molecule has 3 unspecified atom stereocenters. The second kappa shape index (κ2) is 7.96. The highest BCUT2D eigenvalue weighted by molar-refractivity contribution is 8.00. The van der Waals surface area contributed by atoms with Gasteiger partial charge in [-0.3, -0.25) is 9.59 Å². The van der Waals surface area contributed by atoms with Crippen LogP contribution in [0.1, 0.15) is 31.9 Å². The highest BCUT2D eigenvalue weighted by Gasteiger charge is 2.49. The Bertz CT molecular complexity index is 865. The molecule has 28 heavy (non-hydrogen) atoms. The third-order valence-electron chi connectivity index (χ3n) is 4.71. The van der Waals surface area contributed by atoms with Gasteiger partial charge in [0.25, 0.3) is 11.8 Å². The Kier molecular flexibility index (Phi) is 5.40. The van der Waals surface area contributed by atoms with E-state index < -0.39 is 11.9 Å². The van der Waals surface area contributed by atoms with E-state index in [1.54, 1.807) is 28.2 Å². The number of nitrogens with two attached hydrogens (primary N) is 1. The maximum atomic E-state index is 12.9. The number of oxime groups is 1. The molecule has 0 spiro atoms. The number of hydrogen-bond donors (Lipinski definition) is 2. The molecular formula is C18H21N5O3S2. The number of thiazole rings is 1. The van der Waals surface area contributed by atoms with E-state index in [1.807, 2.05) is 18.2 Å². The number of rotatable bonds is 5. The van der Waals surface area contributed by atoms with Crippen LogP contribution in [0.15, 0.2) is 35.0 Å². The molecule has 8 nitrogen and oxygen atoms in total. The number of β-lactam (4-membered cyclic amide) rings is 1. The number of fused-ring (bicyclic) bond motifs is 1. The second-order valence-corrected chi connectivity index (χ2v) is 9.17. The van der Waals surface area contributed by atoms with Gasteiger partial charge in [0.1, 0.15) is 23.2 Å². The second-order valence-electron chi connectivity index (χ2n) is 6.78. The Morgan fingerprint density at radius 2 is 2.32 bits per heavy atom. The lowest BCUT2D eigenvalue weighted by molar-refractivity contribution is -0.143. The number of allylic oxidation sites excluding steroid dienone is 1. The SMILES string of the molecule is CC1C=CN2C(=O)C(NC(=O)C(=NOC3C=CCCC3)c3csc(N)n3)[C@@H]2S1. The van der Waals surface area contributed by atoms with E-state index >= 15 is 0 Å². The van der Waals surface area contributed by atoms with Crippen LogP contribution in [-0.4, -0.2) is 50.2 Å². The lowest BCUT2D eigenvalue weighted by Gasteiger charge is -2.47. The Balaban J connectivity index is 1.50. The summed E-state index contributed by atoms with van der Waals surface area (Å²) in [7, 11) is 0. The third kappa shape index (κ3) is 3.79. The van der Waals surface area contributed by atoms with E-state index in [1.165, 1.54) is 11.3 Å². The summed E-state index contributed by atoms with van der Waals surface area (Å²) in [5, 5.41) is 9.03. The molecule has 0 bridgehead atoms. The summed E-state index contributed by atoms with van der Waals surface area (Å²) in [5.41, 5.74) is 6.09. The van der Waals surface area contributed by atoms with Gasteiger partial charge in [-0.25, -0.2) is 4.98 Å². The van der Waals surface area contributed by atoms with Crippen molar-refractivity contribution in [2.45, 2.75) is 49.0 Å². The Labute approximate surface area is 170 Å². The topological polar surface area (TPSA) is 110 Å². The molecule has 3 aliphatic rings. The number of aromatic nitrogens is 1. The van der Waals surface area contributed by atoms with E-state index in [4.69, 9.17) is 10.6 Å². The lowest BCUT2D eigenvalue weighted by Crippen LogP contribution is -2.69. The van der Waals surface area contributed by atoms with Gasteiger partial charge < -0.3 is 20.8 Å². The van der Waals surface area contributed by atoms with Crippen LogP contribution in [0.3, 0.4) is 0 Å². The molecule has 1 fully saturated rings. The zero-order valence-electron chi connectivity index (χ0n) is 15.3. The predicted molar refractivity (Wildman–Crippen MR) is 110 cm³/mol. The van der Waals surface area contributed by atoms with Gasteiger partial charge in [0.05, 0.1) is 0 Å². The van der Waals surface area contributed by atoms with Crippen LogP contribution in [0, 0.1) is 0 Å². The average molecular weight is 420 g/mol. The minimum atomic E-state index is -0.597. The Morgan fingerprint density at radius 1 is 1.46 bits per heavy atom. The van der Waals surface area contributed by atoms with E-state index in [0.717, 1.165) is 19.3 Å². The number of amides is 2. The average Bonchev–Trinajstić information content (AvgIpc) is 3.13. The predicted octanol–water partition coefficient (Wildman–Crippen LogP) is 1.86. The zero-order valence-corrected chi connectivity index (χ0v) is 16.9. The van der Waals surface area contributed by atoms with Crippen molar-refractivity contribution >= 4 is 45.8 Å². The molecule has 2 amide bonds. The van der Waals surface area contributed by atoms with Crippen molar-refractivity contribution in [3.8, 4) is 0 Å². The van der Waals surface area contributed by atoms with Crippen LogP contribution < -0.4 is 11.1 Å². The van der Waals surface area contributed by atoms with Crippen molar-refractivity contribution in [3.05, 3.63) is 35.5 Å². The first-order chi connectivity index (χ1) is 13.5. The molecule has 0 saturated carbocycles. The van der Waals surface area contributed by atoms with Crippen LogP contribution in [-0.2, 0) is 14.4 Å². The number of hydrogen-bond acceptors (Lipinski definition) is 8. The van der Waals surface area contributed by atoms with E-state index in [9.17, 15) is 9.59 Å². The molecule has 3 heterocycles. The fourth-order valence-electron chi connectivity index (χ4n) is 3.20. The molecular weight excluding hydrogens is 398 g/mol. The Hall–Kier alpha value is -2.33. The van der Waals surface area contributed by atoms with Crippen LogP contribution in [0.4, 0.5) is 5.13 Å². The van der Waals surface area contributed by atoms with Crippen molar-refractivity contribution in [2.75, 3.05) is 5.73 Å². The van der Waals surface area contributed by atoms with Crippen molar-refractivity contribution < 1.29 is 14.4 Å². The summed E-state index contributed by atoms with van der Waals surface area (Å²) in [5.74, 6) is -0.631. The maximum Gasteiger partial charge on any atom is 0.276 e. The van der Waals surface area contributed by atoms with Crippen molar-refractivity contribution in [2.24, 2.45) is 5.16 Å². The number of nitrogen functional groups attached to an aromatic ring is 1. The van der Waals surface area contributed by atoms with Gasteiger partial charge in [0, 0.05) is 16.8 Å². The summed E-state index contributed by atoms with van der Waals surface area (Å²) in [4.78, 5) is 36.6. The molecule has 3 N–H and O–H groups in total. The molecule has 1 aromatic rings. The fraction of sp³-hybridized carbons (Fsp3) is 0.444. The van der Waals surface area contributed by atoms with Crippen LogP contribution in [0.5, 0.6) is 0 Å². The number of carbonyl (C=O) groups excluding carboxylic acids is 2. The lowest BCUT2D eigenvalue weighted by atomic mass is 10.1. The molecule has 1 aromatic heterocycles. The molecule has 4 rings (SSSR count). The van der Waals surface area contributed by atoms with Crippen molar-refractivity contribution in [1.82, 2.24) is 15.2 Å². The van der Waals surface area contributed by atoms with Gasteiger partial charge in [-0.05, 0) is 32.3 Å². The molecule has 0 aromatic carbocycles. The fourth-order valence-corrected chi connectivity index (χ4v) is 5.00. The highest BCUT2D eigenvalue weighted by Crippen LogP contribution is 2.37. The van der Waals surface area contributed by atoms with Gasteiger partial charge in [0.2, 0.25) is 0 Å². The summed E-state index contributed by atoms with van der Waals surface area (Å²) in [6.07, 6.45) is 10.4. The number of thioether (sulfide) groups is 1. The first kappa shape index (κ1) is 19.0. The van der Waals surface area contributed by atoms with E-state index in [0.29, 0.717) is 10.8 Å².